The molecule has 1 unspecified atom stereocenters. The number of rotatable bonds is 4. The van der Waals surface area contributed by atoms with E-state index in [0.29, 0.717) is 17.1 Å². The molecule has 2 aromatic rings. The average Bonchev–Trinajstić information content (AvgIpc) is 2.46. The number of hydrogen-bond donors (Lipinski definition) is 1. The predicted octanol–water partition coefficient (Wildman–Crippen LogP) is 4.15. The fraction of sp³-hybridized carbons (Fsp3) is 0.200. The summed E-state index contributed by atoms with van der Waals surface area (Å²) in [5, 5.41) is 10.6. The zero-order chi connectivity index (χ0) is 14.7. The van der Waals surface area contributed by atoms with Crippen molar-refractivity contribution in [3.8, 4) is 11.5 Å². The SMILES string of the molecule is COc1cc(C(O)c2ccccc2I)c(OC)cc1Br. The van der Waals surface area contributed by atoms with Gasteiger partial charge in [-0.15, -0.1) is 0 Å². The molecular formula is C15H14BrIO3. The molecule has 0 saturated heterocycles. The van der Waals surface area contributed by atoms with Crippen LogP contribution in [0.4, 0.5) is 0 Å². The minimum Gasteiger partial charge on any atom is -0.496 e. The highest BCUT2D eigenvalue weighted by atomic mass is 127. The van der Waals surface area contributed by atoms with Gasteiger partial charge in [-0.25, -0.2) is 0 Å². The Morgan fingerprint density at radius 2 is 1.70 bits per heavy atom. The molecule has 1 N–H and O–H groups in total. The van der Waals surface area contributed by atoms with Crippen molar-refractivity contribution in [2.24, 2.45) is 0 Å². The number of aliphatic hydroxyl groups is 1. The van der Waals surface area contributed by atoms with E-state index >= 15 is 0 Å². The van der Waals surface area contributed by atoms with Gasteiger partial charge in [0.05, 0.1) is 18.7 Å². The lowest BCUT2D eigenvalue weighted by Gasteiger charge is -2.18. The average molecular weight is 449 g/mol. The van der Waals surface area contributed by atoms with Crippen LogP contribution in [0.25, 0.3) is 0 Å². The van der Waals surface area contributed by atoms with Gasteiger partial charge in [-0.3, -0.25) is 0 Å². The third kappa shape index (κ3) is 3.10. The van der Waals surface area contributed by atoms with Crippen LogP contribution >= 0.6 is 38.5 Å². The summed E-state index contributed by atoms with van der Waals surface area (Å²) >= 11 is 5.62. The maximum absolute atomic E-state index is 10.6. The summed E-state index contributed by atoms with van der Waals surface area (Å²) in [4.78, 5) is 0. The smallest absolute Gasteiger partial charge is 0.133 e. The van der Waals surface area contributed by atoms with Crippen molar-refractivity contribution in [1.82, 2.24) is 0 Å². The lowest BCUT2D eigenvalue weighted by atomic mass is 10.0. The van der Waals surface area contributed by atoms with Gasteiger partial charge >= 0.3 is 0 Å². The molecule has 1 atom stereocenters. The fourth-order valence-corrected chi connectivity index (χ4v) is 3.13. The molecule has 0 aromatic heterocycles. The van der Waals surface area contributed by atoms with Gasteiger partial charge in [0.1, 0.15) is 17.6 Å². The highest BCUT2D eigenvalue weighted by Crippen LogP contribution is 2.38. The number of hydrogen-bond acceptors (Lipinski definition) is 3. The van der Waals surface area contributed by atoms with Gasteiger partial charge in [-0.05, 0) is 62.3 Å². The van der Waals surface area contributed by atoms with Crippen LogP contribution in [-0.2, 0) is 0 Å². The molecule has 0 saturated carbocycles. The molecular weight excluding hydrogens is 435 g/mol. The van der Waals surface area contributed by atoms with Gasteiger partial charge in [0.2, 0.25) is 0 Å². The topological polar surface area (TPSA) is 38.7 Å². The van der Waals surface area contributed by atoms with E-state index in [2.05, 4.69) is 38.5 Å². The second-order valence-corrected chi connectivity index (χ2v) is 6.17. The highest BCUT2D eigenvalue weighted by Gasteiger charge is 2.20. The number of aliphatic hydroxyl groups excluding tert-OH is 1. The first-order chi connectivity index (χ1) is 9.58. The first-order valence-electron chi connectivity index (χ1n) is 5.92. The molecule has 106 valence electrons. The summed E-state index contributed by atoms with van der Waals surface area (Å²) in [6, 6.07) is 11.3. The van der Waals surface area contributed by atoms with Crippen molar-refractivity contribution < 1.29 is 14.6 Å². The predicted molar refractivity (Wildman–Crippen MR) is 90.5 cm³/mol. The molecule has 0 spiro atoms. The Bertz CT molecular complexity index is 616. The molecule has 0 amide bonds. The maximum atomic E-state index is 10.6. The maximum Gasteiger partial charge on any atom is 0.133 e. The van der Waals surface area contributed by atoms with Gasteiger partial charge in [0.25, 0.3) is 0 Å². The monoisotopic (exact) mass is 448 g/mol. The van der Waals surface area contributed by atoms with Gasteiger partial charge in [0.15, 0.2) is 0 Å². The van der Waals surface area contributed by atoms with Crippen LogP contribution in [0.2, 0.25) is 0 Å². The highest BCUT2D eigenvalue weighted by molar-refractivity contribution is 14.1. The molecule has 0 radical (unpaired) electrons. The first kappa shape index (κ1) is 15.6. The van der Waals surface area contributed by atoms with Gasteiger partial charge in [-0.2, -0.15) is 0 Å². The minimum atomic E-state index is -0.764. The lowest BCUT2D eigenvalue weighted by Crippen LogP contribution is -2.05. The van der Waals surface area contributed by atoms with Crippen molar-refractivity contribution in [2.75, 3.05) is 14.2 Å². The van der Waals surface area contributed by atoms with E-state index in [9.17, 15) is 5.11 Å². The second kappa shape index (κ2) is 6.78. The normalized spacial score (nSPS) is 12.1. The Morgan fingerprint density at radius 3 is 2.30 bits per heavy atom. The van der Waals surface area contributed by atoms with Crippen LogP contribution in [0, 0.1) is 3.57 Å². The number of methoxy groups -OCH3 is 2. The third-order valence-electron chi connectivity index (χ3n) is 3.00. The van der Waals surface area contributed by atoms with Gasteiger partial charge in [-0.1, -0.05) is 18.2 Å². The molecule has 0 heterocycles. The van der Waals surface area contributed by atoms with Crippen LogP contribution in [0.15, 0.2) is 40.9 Å². The van der Waals surface area contributed by atoms with E-state index < -0.39 is 6.10 Å². The molecule has 2 rings (SSSR count). The van der Waals surface area contributed by atoms with E-state index in [0.717, 1.165) is 13.6 Å². The lowest BCUT2D eigenvalue weighted by molar-refractivity contribution is 0.213. The summed E-state index contributed by atoms with van der Waals surface area (Å²) in [7, 11) is 3.18. The summed E-state index contributed by atoms with van der Waals surface area (Å²) in [6.45, 7) is 0. The van der Waals surface area contributed by atoms with Crippen LogP contribution in [-0.4, -0.2) is 19.3 Å². The molecule has 0 bridgehead atoms. The number of ether oxygens (including phenoxy) is 2. The quantitative estimate of drug-likeness (QED) is 0.714. The van der Waals surface area contributed by atoms with E-state index in [1.807, 2.05) is 24.3 Å². The van der Waals surface area contributed by atoms with Crippen LogP contribution in [0.1, 0.15) is 17.2 Å². The zero-order valence-corrected chi connectivity index (χ0v) is 14.8. The minimum absolute atomic E-state index is 0.616. The van der Waals surface area contributed by atoms with E-state index in [1.54, 1.807) is 26.4 Å². The fourth-order valence-electron chi connectivity index (χ4n) is 1.96. The summed E-state index contributed by atoms with van der Waals surface area (Å²) in [5.41, 5.74) is 1.52. The van der Waals surface area contributed by atoms with Crippen molar-refractivity contribution >= 4 is 38.5 Å². The molecule has 3 nitrogen and oxygen atoms in total. The van der Waals surface area contributed by atoms with Crippen molar-refractivity contribution in [2.45, 2.75) is 6.10 Å². The molecule has 2 aromatic carbocycles. The molecule has 5 heteroatoms. The van der Waals surface area contributed by atoms with E-state index in [1.165, 1.54) is 0 Å². The van der Waals surface area contributed by atoms with E-state index in [4.69, 9.17) is 9.47 Å². The number of halogens is 2. The molecule has 0 fully saturated rings. The molecule has 20 heavy (non-hydrogen) atoms. The Hall–Kier alpha value is -0.790. The van der Waals surface area contributed by atoms with Crippen molar-refractivity contribution in [3.63, 3.8) is 0 Å². The zero-order valence-electron chi connectivity index (χ0n) is 11.1. The Kier molecular flexibility index (Phi) is 5.29. The van der Waals surface area contributed by atoms with Gasteiger partial charge in [0, 0.05) is 9.13 Å². The van der Waals surface area contributed by atoms with Crippen LogP contribution in [0.5, 0.6) is 11.5 Å². The molecule has 0 aliphatic rings. The van der Waals surface area contributed by atoms with Crippen molar-refractivity contribution in [1.29, 1.82) is 0 Å². The van der Waals surface area contributed by atoms with Crippen LogP contribution in [0.3, 0.4) is 0 Å². The number of benzene rings is 2. The molecule has 0 aliphatic carbocycles. The van der Waals surface area contributed by atoms with Gasteiger partial charge < -0.3 is 14.6 Å². The summed E-state index contributed by atoms with van der Waals surface area (Å²) in [5.74, 6) is 1.27. The van der Waals surface area contributed by atoms with E-state index in [-0.39, 0.29) is 0 Å². The third-order valence-corrected chi connectivity index (χ3v) is 4.60. The summed E-state index contributed by atoms with van der Waals surface area (Å²) < 4.78 is 12.4. The second-order valence-electron chi connectivity index (χ2n) is 4.15. The van der Waals surface area contributed by atoms with Crippen LogP contribution < -0.4 is 9.47 Å². The Balaban J connectivity index is 2.53. The largest absolute Gasteiger partial charge is 0.496 e. The first-order valence-corrected chi connectivity index (χ1v) is 7.79. The Morgan fingerprint density at radius 1 is 1.05 bits per heavy atom. The summed E-state index contributed by atoms with van der Waals surface area (Å²) in [6.07, 6.45) is -0.764. The van der Waals surface area contributed by atoms with Crippen molar-refractivity contribution in [3.05, 3.63) is 55.6 Å². The standard InChI is InChI=1S/C15H14BrIO3/c1-19-13-8-11(16)14(20-2)7-10(13)15(18)9-5-3-4-6-12(9)17/h3-8,15,18H,1-2H3. The Labute approximate surface area is 140 Å². The molecule has 0 aliphatic heterocycles.